The molecule has 0 atom stereocenters. The molecule has 1 aromatic rings. The maximum Gasteiger partial charge on any atom is 0.253 e. The van der Waals surface area contributed by atoms with Crippen molar-refractivity contribution in [2.24, 2.45) is 0 Å². The summed E-state index contributed by atoms with van der Waals surface area (Å²) < 4.78 is 0. The summed E-state index contributed by atoms with van der Waals surface area (Å²) in [5, 5.41) is 12.0. The van der Waals surface area contributed by atoms with Crippen molar-refractivity contribution < 1.29 is 9.90 Å². The number of hydrogen-bond donors (Lipinski definition) is 2. The maximum absolute atomic E-state index is 12.3. The summed E-state index contributed by atoms with van der Waals surface area (Å²) in [6.07, 6.45) is 2.68. The van der Waals surface area contributed by atoms with Crippen LogP contribution in [-0.2, 0) is 0 Å². The third-order valence-corrected chi connectivity index (χ3v) is 3.34. The molecule has 1 aromatic carbocycles. The largest absolute Gasteiger partial charge is 0.396 e. The Bertz CT molecular complexity index is 432. The first-order valence-electron chi connectivity index (χ1n) is 7.31. The maximum atomic E-state index is 12.3. The molecule has 0 saturated heterocycles. The van der Waals surface area contributed by atoms with Gasteiger partial charge >= 0.3 is 0 Å². The number of rotatable bonds is 8. The van der Waals surface area contributed by atoms with Crippen LogP contribution in [-0.4, -0.2) is 42.7 Å². The van der Waals surface area contributed by atoms with Crippen LogP contribution in [0.15, 0.2) is 18.2 Å². The highest BCUT2D eigenvalue weighted by atomic mass is 16.2. The molecule has 1 amide bonds. The fourth-order valence-corrected chi connectivity index (χ4v) is 2.14. The number of aliphatic hydroxyl groups is 1. The Kier molecular flexibility index (Phi) is 7.09. The van der Waals surface area contributed by atoms with Gasteiger partial charge in [0.25, 0.3) is 5.91 Å². The first kappa shape index (κ1) is 16.5. The minimum absolute atomic E-state index is 0.0557. The van der Waals surface area contributed by atoms with Crippen LogP contribution < -0.4 is 5.32 Å². The normalized spacial score (nSPS) is 10.4. The van der Waals surface area contributed by atoms with Gasteiger partial charge in [-0.3, -0.25) is 4.79 Å². The molecule has 0 heterocycles. The number of aliphatic hydroxyl groups excluding tert-OH is 1. The highest BCUT2D eigenvalue weighted by molar-refractivity contribution is 5.94. The molecule has 0 saturated carbocycles. The van der Waals surface area contributed by atoms with Crippen LogP contribution in [0.3, 0.4) is 0 Å². The summed E-state index contributed by atoms with van der Waals surface area (Å²) in [5.41, 5.74) is 2.90. The van der Waals surface area contributed by atoms with Gasteiger partial charge in [-0.15, -0.1) is 0 Å². The predicted octanol–water partition coefficient (Wildman–Crippen LogP) is 2.66. The number of amides is 1. The van der Waals surface area contributed by atoms with Gasteiger partial charge in [-0.05, 0) is 56.9 Å². The Morgan fingerprint density at radius 3 is 2.65 bits per heavy atom. The number of hydrogen-bond acceptors (Lipinski definition) is 3. The predicted molar refractivity (Wildman–Crippen MR) is 83.2 cm³/mol. The zero-order valence-corrected chi connectivity index (χ0v) is 12.8. The van der Waals surface area contributed by atoms with Gasteiger partial charge in [-0.1, -0.05) is 0 Å². The molecule has 4 nitrogen and oxygen atoms in total. The molecule has 2 N–H and O–H groups in total. The highest BCUT2D eigenvalue weighted by Gasteiger charge is 2.12. The van der Waals surface area contributed by atoms with E-state index in [4.69, 9.17) is 5.11 Å². The van der Waals surface area contributed by atoms with Crippen molar-refractivity contribution >= 4 is 11.6 Å². The van der Waals surface area contributed by atoms with Crippen LogP contribution in [0, 0.1) is 6.92 Å². The van der Waals surface area contributed by atoms with Crippen LogP contribution in [0.4, 0.5) is 5.69 Å². The van der Waals surface area contributed by atoms with E-state index in [2.05, 4.69) is 12.2 Å². The van der Waals surface area contributed by atoms with Crippen molar-refractivity contribution in [3.63, 3.8) is 0 Å². The Morgan fingerprint density at radius 2 is 2.05 bits per heavy atom. The quantitative estimate of drug-likeness (QED) is 0.719. The van der Waals surface area contributed by atoms with Gasteiger partial charge in [0.05, 0.1) is 0 Å². The van der Waals surface area contributed by atoms with Crippen LogP contribution in [0.25, 0.3) is 0 Å². The molecule has 4 heteroatoms. The fourth-order valence-electron chi connectivity index (χ4n) is 2.14. The van der Waals surface area contributed by atoms with E-state index in [9.17, 15) is 4.79 Å². The number of carbonyl (C=O) groups is 1. The third-order valence-electron chi connectivity index (χ3n) is 3.34. The molecule has 0 aromatic heterocycles. The summed E-state index contributed by atoms with van der Waals surface area (Å²) in [4.78, 5) is 14.0. The molecule has 1 rings (SSSR count). The Hall–Kier alpha value is -1.55. The topological polar surface area (TPSA) is 52.6 Å². The number of carbonyl (C=O) groups excluding carboxylic acids is 1. The summed E-state index contributed by atoms with van der Waals surface area (Å²) in [7, 11) is 1.83. The fraction of sp³-hybridized carbons (Fsp3) is 0.562. The van der Waals surface area contributed by atoms with Gasteiger partial charge in [-0.2, -0.15) is 0 Å². The molecule has 0 spiro atoms. The average molecular weight is 278 g/mol. The molecule has 20 heavy (non-hydrogen) atoms. The Morgan fingerprint density at radius 1 is 1.30 bits per heavy atom. The standard InChI is InChI=1S/C16H26N2O2/c1-4-17-15-9-8-14(12-13(15)2)16(20)18(3)10-6-5-7-11-19/h8-9,12,17,19H,4-7,10-11H2,1-3H3. The minimum atomic E-state index is 0.0557. The van der Waals surface area contributed by atoms with Crippen LogP contribution in [0.1, 0.15) is 42.1 Å². The molecule has 0 bridgehead atoms. The van der Waals surface area contributed by atoms with Gasteiger partial charge in [0, 0.05) is 38.0 Å². The number of benzene rings is 1. The van der Waals surface area contributed by atoms with Crippen molar-refractivity contribution in [2.75, 3.05) is 32.1 Å². The Labute approximate surface area is 121 Å². The molecule has 0 aliphatic rings. The SMILES string of the molecule is CCNc1ccc(C(=O)N(C)CCCCCO)cc1C. The van der Waals surface area contributed by atoms with Crippen molar-refractivity contribution in [3.8, 4) is 0 Å². The monoisotopic (exact) mass is 278 g/mol. The van der Waals surface area contributed by atoms with Crippen LogP contribution >= 0.6 is 0 Å². The number of nitrogens with one attached hydrogen (secondary N) is 1. The average Bonchev–Trinajstić information content (AvgIpc) is 2.45. The van der Waals surface area contributed by atoms with Gasteiger partial charge in [0.1, 0.15) is 0 Å². The summed E-state index contributed by atoms with van der Waals surface area (Å²) in [5.74, 6) is 0.0557. The Balaban J connectivity index is 2.60. The lowest BCUT2D eigenvalue weighted by Crippen LogP contribution is -2.27. The van der Waals surface area contributed by atoms with E-state index in [0.29, 0.717) is 0 Å². The number of unbranched alkanes of at least 4 members (excludes halogenated alkanes) is 2. The van der Waals surface area contributed by atoms with E-state index >= 15 is 0 Å². The smallest absolute Gasteiger partial charge is 0.253 e. The summed E-state index contributed by atoms with van der Waals surface area (Å²) >= 11 is 0. The number of nitrogens with zero attached hydrogens (tertiary/aromatic N) is 1. The highest BCUT2D eigenvalue weighted by Crippen LogP contribution is 2.17. The van der Waals surface area contributed by atoms with Gasteiger partial charge < -0.3 is 15.3 Å². The van der Waals surface area contributed by atoms with E-state index in [0.717, 1.165) is 49.2 Å². The number of anilines is 1. The van der Waals surface area contributed by atoms with E-state index in [-0.39, 0.29) is 12.5 Å². The van der Waals surface area contributed by atoms with Crippen LogP contribution in [0.2, 0.25) is 0 Å². The second-order valence-electron chi connectivity index (χ2n) is 5.07. The molecule has 0 aliphatic heterocycles. The lowest BCUT2D eigenvalue weighted by Gasteiger charge is -2.18. The molecule has 0 radical (unpaired) electrons. The third kappa shape index (κ3) is 4.85. The molecular formula is C16H26N2O2. The second-order valence-corrected chi connectivity index (χ2v) is 5.07. The summed E-state index contributed by atoms with van der Waals surface area (Å²) in [6.45, 7) is 5.89. The lowest BCUT2D eigenvalue weighted by atomic mass is 10.1. The second kappa shape index (κ2) is 8.59. The van der Waals surface area contributed by atoms with E-state index in [1.54, 1.807) is 4.90 Å². The molecule has 0 unspecified atom stereocenters. The van der Waals surface area contributed by atoms with E-state index < -0.39 is 0 Å². The first-order chi connectivity index (χ1) is 9.60. The zero-order chi connectivity index (χ0) is 15.0. The molecule has 112 valence electrons. The van der Waals surface area contributed by atoms with Crippen LogP contribution in [0.5, 0.6) is 0 Å². The van der Waals surface area contributed by atoms with Crippen molar-refractivity contribution in [1.29, 1.82) is 0 Å². The van der Waals surface area contributed by atoms with E-state index in [1.165, 1.54) is 0 Å². The molecule has 0 fully saturated rings. The zero-order valence-electron chi connectivity index (χ0n) is 12.8. The first-order valence-corrected chi connectivity index (χ1v) is 7.31. The number of aryl methyl sites for hydroxylation is 1. The van der Waals surface area contributed by atoms with E-state index in [1.807, 2.05) is 32.2 Å². The van der Waals surface area contributed by atoms with Crippen molar-refractivity contribution in [2.45, 2.75) is 33.1 Å². The summed E-state index contributed by atoms with van der Waals surface area (Å²) in [6, 6.07) is 5.77. The minimum Gasteiger partial charge on any atom is -0.396 e. The molecular weight excluding hydrogens is 252 g/mol. The van der Waals surface area contributed by atoms with Gasteiger partial charge in [0.2, 0.25) is 0 Å². The molecule has 0 aliphatic carbocycles. The van der Waals surface area contributed by atoms with Crippen molar-refractivity contribution in [3.05, 3.63) is 29.3 Å². The lowest BCUT2D eigenvalue weighted by molar-refractivity contribution is 0.0792. The van der Waals surface area contributed by atoms with Gasteiger partial charge in [-0.25, -0.2) is 0 Å². The van der Waals surface area contributed by atoms with Crippen molar-refractivity contribution in [1.82, 2.24) is 4.90 Å². The van der Waals surface area contributed by atoms with Gasteiger partial charge in [0.15, 0.2) is 0 Å².